The Hall–Kier alpha value is -2.24. The first kappa shape index (κ1) is 15.2. The molecule has 0 radical (unpaired) electrons. The van der Waals surface area contributed by atoms with Crippen molar-refractivity contribution < 1.29 is 24.5 Å². The van der Waals surface area contributed by atoms with Crippen molar-refractivity contribution in [1.82, 2.24) is 0 Å². The Bertz CT molecular complexity index is 666. The van der Waals surface area contributed by atoms with E-state index < -0.39 is 11.9 Å². The van der Waals surface area contributed by atoms with Crippen LogP contribution in [0.1, 0.15) is 20.7 Å². The zero-order valence-corrected chi connectivity index (χ0v) is 11.9. The maximum atomic E-state index is 11.2. The summed E-state index contributed by atoms with van der Waals surface area (Å²) in [6.07, 6.45) is 0. The summed E-state index contributed by atoms with van der Waals surface area (Å²) in [6, 6.07) is 8.03. The van der Waals surface area contributed by atoms with Crippen LogP contribution in [0.25, 0.3) is 0 Å². The predicted octanol–water partition coefficient (Wildman–Crippen LogP) is 4.18. The summed E-state index contributed by atoms with van der Waals surface area (Å²) >= 11 is 11.5. The summed E-state index contributed by atoms with van der Waals surface area (Å²) in [5, 5.41) is 18.7. The van der Waals surface area contributed by atoms with Crippen LogP contribution >= 0.6 is 23.2 Å². The number of hydrogen-bond donors (Lipinski definition) is 2. The molecule has 0 saturated carbocycles. The lowest BCUT2D eigenvalue weighted by Gasteiger charge is -2.11. The second-order valence-electron chi connectivity index (χ2n) is 3.99. The Morgan fingerprint density at radius 2 is 1.19 bits per heavy atom. The Labute approximate surface area is 129 Å². The van der Waals surface area contributed by atoms with E-state index in [0.717, 1.165) is 0 Å². The molecule has 2 N–H and O–H groups in total. The van der Waals surface area contributed by atoms with E-state index in [9.17, 15) is 9.59 Å². The van der Waals surface area contributed by atoms with Crippen molar-refractivity contribution in [2.45, 2.75) is 0 Å². The average molecular weight is 327 g/mol. The van der Waals surface area contributed by atoms with E-state index in [1.54, 1.807) is 0 Å². The molecule has 2 aromatic rings. The smallest absolute Gasteiger partial charge is 0.339 e. The molecule has 0 aromatic heterocycles. The highest BCUT2D eigenvalue weighted by Gasteiger charge is 2.17. The highest BCUT2D eigenvalue weighted by Crippen LogP contribution is 2.31. The molecule has 5 nitrogen and oxygen atoms in total. The molecule has 0 unspecified atom stereocenters. The van der Waals surface area contributed by atoms with Gasteiger partial charge in [-0.25, -0.2) is 9.59 Å². The summed E-state index contributed by atoms with van der Waals surface area (Å²) in [4.78, 5) is 22.3. The van der Waals surface area contributed by atoms with Crippen molar-refractivity contribution in [2.24, 2.45) is 0 Å². The number of halogens is 2. The van der Waals surface area contributed by atoms with Crippen LogP contribution < -0.4 is 4.74 Å². The Morgan fingerprint density at radius 1 is 0.810 bits per heavy atom. The topological polar surface area (TPSA) is 83.8 Å². The normalized spacial score (nSPS) is 10.2. The molecule has 0 bridgehead atoms. The maximum Gasteiger partial charge on any atom is 0.339 e. The molecule has 108 valence electrons. The van der Waals surface area contributed by atoms with Crippen molar-refractivity contribution in [1.29, 1.82) is 0 Å². The Balaban J connectivity index is 2.48. The van der Waals surface area contributed by atoms with Gasteiger partial charge in [-0.2, -0.15) is 0 Å². The molecule has 2 aromatic carbocycles. The van der Waals surface area contributed by atoms with Crippen LogP contribution in [-0.4, -0.2) is 22.2 Å². The first-order chi connectivity index (χ1) is 9.88. The SMILES string of the molecule is O=C(O)c1cc(Cl)ccc1Oc1ccc(Cl)cc1C(=O)O. The molecule has 0 saturated heterocycles. The van der Waals surface area contributed by atoms with Crippen LogP contribution in [0.5, 0.6) is 11.5 Å². The fourth-order valence-corrected chi connectivity index (χ4v) is 1.98. The molecule has 0 aliphatic rings. The number of ether oxygens (including phenoxy) is 1. The van der Waals surface area contributed by atoms with Crippen LogP contribution in [-0.2, 0) is 0 Å². The third-order valence-electron chi connectivity index (χ3n) is 2.56. The number of carboxylic acid groups (broad SMARTS) is 2. The number of rotatable bonds is 4. The lowest BCUT2D eigenvalue weighted by atomic mass is 10.2. The summed E-state index contributed by atoms with van der Waals surface area (Å²) in [5.74, 6) is -2.51. The fourth-order valence-electron chi connectivity index (χ4n) is 1.64. The van der Waals surface area contributed by atoms with E-state index in [1.807, 2.05) is 0 Å². The highest BCUT2D eigenvalue weighted by atomic mass is 35.5. The van der Waals surface area contributed by atoms with E-state index in [-0.39, 0.29) is 32.7 Å². The summed E-state index contributed by atoms with van der Waals surface area (Å²) in [7, 11) is 0. The van der Waals surface area contributed by atoms with Crippen LogP contribution in [0.2, 0.25) is 10.0 Å². The van der Waals surface area contributed by atoms with Gasteiger partial charge in [-0.15, -0.1) is 0 Å². The molecular formula is C14H8Cl2O5. The molecule has 2 rings (SSSR count). The van der Waals surface area contributed by atoms with Gasteiger partial charge in [0.1, 0.15) is 22.6 Å². The maximum absolute atomic E-state index is 11.2. The predicted molar refractivity (Wildman–Crippen MR) is 76.9 cm³/mol. The monoisotopic (exact) mass is 326 g/mol. The molecule has 7 heteroatoms. The average Bonchev–Trinajstić information content (AvgIpc) is 2.42. The van der Waals surface area contributed by atoms with Gasteiger partial charge < -0.3 is 14.9 Å². The Kier molecular flexibility index (Phi) is 4.35. The van der Waals surface area contributed by atoms with Gasteiger partial charge in [0.2, 0.25) is 0 Å². The van der Waals surface area contributed by atoms with Crippen molar-refractivity contribution in [3.8, 4) is 11.5 Å². The van der Waals surface area contributed by atoms with E-state index in [4.69, 9.17) is 38.2 Å². The summed E-state index contributed by atoms with van der Waals surface area (Å²) in [6.45, 7) is 0. The van der Waals surface area contributed by atoms with Crippen LogP contribution in [0.4, 0.5) is 0 Å². The number of aromatic carboxylic acids is 2. The van der Waals surface area contributed by atoms with Gasteiger partial charge in [0.25, 0.3) is 0 Å². The van der Waals surface area contributed by atoms with Crippen molar-refractivity contribution in [2.75, 3.05) is 0 Å². The van der Waals surface area contributed by atoms with Gasteiger partial charge in [0.05, 0.1) is 0 Å². The van der Waals surface area contributed by atoms with Crippen LogP contribution in [0, 0.1) is 0 Å². The lowest BCUT2D eigenvalue weighted by Crippen LogP contribution is -2.03. The minimum atomic E-state index is -1.24. The van der Waals surface area contributed by atoms with Crippen LogP contribution in [0.15, 0.2) is 36.4 Å². The van der Waals surface area contributed by atoms with Crippen molar-refractivity contribution >= 4 is 35.1 Å². The minimum absolute atomic E-state index is 0.0169. The van der Waals surface area contributed by atoms with E-state index in [1.165, 1.54) is 36.4 Å². The van der Waals surface area contributed by atoms with Gasteiger partial charge in [0.15, 0.2) is 0 Å². The van der Waals surface area contributed by atoms with E-state index in [2.05, 4.69) is 0 Å². The zero-order chi connectivity index (χ0) is 15.6. The van der Waals surface area contributed by atoms with Gasteiger partial charge in [0, 0.05) is 10.0 Å². The standard InChI is InChI=1S/C14H8Cl2O5/c15-7-1-3-11(9(5-7)13(17)18)21-12-4-2-8(16)6-10(12)14(19)20/h1-6H,(H,17,18)(H,19,20). The third kappa shape index (κ3) is 3.45. The molecule has 0 fully saturated rings. The molecule has 21 heavy (non-hydrogen) atoms. The van der Waals surface area contributed by atoms with Crippen LogP contribution in [0.3, 0.4) is 0 Å². The molecule has 0 heterocycles. The molecule has 0 aliphatic carbocycles. The molecular weight excluding hydrogens is 319 g/mol. The lowest BCUT2D eigenvalue weighted by molar-refractivity contribution is 0.0687. The van der Waals surface area contributed by atoms with Gasteiger partial charge in [-0.3, -0.25) is 0 Å². The largest absolute Gasteiger partial charge is 0.478 e. The summed E-state index contributed by atoms with van der Waals surface area (Å²) in [5.41, 5.74) is -0.345. The zero-order valence-electron chi connectivity index (χ0n) is 10.3. The highest BCUT2D eigenvalue weighted by molar-refractivity contribution is 6.31. The number of carbonyl (C=O) groups is 2. The minimum Gasteiger partial charge on any atom is -0.478 e. The van der Waals surface area contributed by atoms with Gasteiger partial charge in [-0.05, 0) is 36.4 Å². The second kappa shape index (κ2) is 6.03. The fraction of sp³-hybridized carbons (Fsp3) is 0. The van der Waals surface area contributed by atoms with E-state index in [0.29, 0.717) is 0 Å². The summed E-state index contributed by atoms with van der Waals surface area (Å²) < 4.78 is 5.39. The first-order valence-electron chi connectivity index (χ1n) is 5.62. The molecule has 0 atom stereocenters. The molecule has 0 amide bonds. The second-order valence-corrected chi connectivity index (χ2v) is 4.87. The quantitative estimate of drug-likeness (QED) is 0.880. The van der Waals surface area contributed by atoms with Gasteiger partial charge in [-0.1, -0.05) is 23.2 Å². The number of carboxylic acids is 2. The third-order valence-corrected chi connectivity index (χ3v) is 3.03. The van der Waals surface area contributed by atoms with Crippen molar-refractivity contribution in [3.63, 3.8) is 0 Å². The number of benzene rings is 2. The number of hydrogen-bond acceptors (Lipinski definition) is 3. The van der Waals surface area contributed by atoms with Gasteiger partial charge >= 0.3 is 11.9 Å². The van der Waals surface area contributed by atoms with E-state index >= 15 is 0 Å². The molecule has 0 spiro atoms. The van der Waals surface area contributed by atoms with Crippen molar-refractivity contribution in [3.05, 3.63) is 57.6 Å². The Morgan fingerprint density at radius 3 is 1.52 bits per heavy atom. The first-order valence-corrected chi connectivity index (χ1v) is 6.37. The molecule has 0 aliphatic heterocycles.